The molecule has 114 valence electrons. The topological polar surface area (TPSA) is 64.4 Å². The predicted molar refractivity (Wildman–Crippen MR) is 84.4 cm³/mol. The second-order valence-corrected chi connectivity index (χ2v) is 5.09. The van der Waals surface area contributed by atoms with Gasteiger partial charge in [-0.2, -0.15) is 0 Å². The first-order chi connectivity index (χ1) is 8.95. The highest BCUT2D eigenvalue weighted by Gasteiger charge is 2.26. The maximum absolute atomic E-state index is 11.8. The molecule has 0 aromatic heterocycles. The van der Waals surface area contributed by atoms with Crippen molar-refractivity contribution >= 4 is 18.3 Å². The first kappa shape index (κ1) is 18.7. The second kappa shape index (κ2) is 8.82. The van der Waals surface area contributed by atoms with Gasteiger partial charge < -0.3 is 15.8 Å². The van der Waals surface area contributed by atoms with Gasteiger partial charge in [-0.3, -0.25) is 4.79 Å². The molecular weight excluding hydrogens is 276 g/mol. The zero-order chi connectivity index (χ0) is 14.3. The lowest BCUT2D eigenvalue weighted by atomic mass is 9.97. The van der Waals surface area contributed by atoms with Gasteiger partial charge in [-0.15, -0.1) is 12.4 Å². The Morgan fingerprint density at radius 2 is 2.15 bits per heavy atom. The van der Waals surface area contributed by atoms with Gasteiger partial charge in [-0.1, -0.05) is 25.5 Å². The van der Waals surface area contributed by atoms with Gasteiger partial charge in [0, 0.05) is 0 Å². The Morgan fingerprint density at radius 1 is 1.45 bits per heavy atom. The third-order valence-corrected chi connectivity index (χ3v) is 2.93. The molecule has 5 heteroatoms. The Bertz CT molecular complexity index is 422. The van der Waals surface area contributed by atoms with Gasteiger partial charge in [0.05, 0.1) is 12.1 Å². The molecule has 0 aliphatic heterocycles. The molecule has 4 nitrogen and oxygen atoms in total. The average Bonchev–Trinajstić information content (AvgIpc) is 2.34. The van der Waals surface area contributed by atoms with Gasteiger partial charge in [0.1, 0.15) is 12.4 Å². The molecule has 3 N–H and O–H groups in total. The van der Waals surface area contributed by atoms with Crippen molar-refractivity contribution in [3.8, 4) is 5.75 Å². The number of hydrogen-bond donors (Lipinski definition) is 2. The number of amides is 1. The summed E-state index contributed by atoms with van der Waals surface area (Å²) in [6.07, 6.45) is 1.57. The third kappa shape index (κ3) is 6.26. The molecule has 1 atom stereocenters. The van der Waals surface area contributed by atoms with E-state index in [0.29, 0.717) is 19.6 Å². The van der Waals surface area contributed by atoms with Crippen LogP contribution in [0.1, 0.15) is 32.3 Å². The summed E-state index contributed by atoms with van der Waals surface area (Å²) in [4.78, 5) is 11.8. The van der Waals surface area contributed by atoms with Crippen LogP contribution in [-0.4, -0.2) is 24.6 Å². The lowest BCUT2D eigenvalue weighted by molar-refractivity contribution is -0.126. The molecule has 0 aliphatic rings. The molecule has 20 heavy (non-hydrogen) atoms. The van der Waals surface area contributed by atoms with Crippen LogP contribution in [0.25, 0.3) is 0 Å². The number of nitrogens with two attached hydrogens (primary N) is 1. The van der Waals surface area contributed by atoms with E-state index in [-0.39, 0.29) is 18.3 Å². The van der Waals surface area contributed by atoms with Crippen molar-refractivity contribution in [2.24, 2.45) is 5.73 Å². The predicted octanol–water partition coefficient (Wildman–Crippen LogP) is 2.43. The van der Waals surface area contributed by atoms with E-state index in [1.807, 2.05) is 38.1 Å². The molecule has 1 amide bonds. The summed E-state index contributed by atoms with van der Waals surface area (Å²) in [6.45, 7) is 6.69. The Kier molecular flexibility index (Phi) is 8.26. The summed E-state index contributed by atoms with van der Waals surface area (Å²) < 4.78 is 5.55. The molecule has 1 rings (SSSR count). The van der Waals surface area contributed by atoms with Gasteiger partial charge in [0.25, 0.3) is 0 Å². The fourth-order valence-electron chi connectivity index (χ4n) is 1.87. The lowest BCUT2D eigenvalue weighted by Crippen LogP contribution is -2.52. The number of halogens is 1. The Labute approximate surface area is 127 Å². The van der Waals surface area contributed by atoms with Crippen LogP contribution >= 0.6 is 12.4 Å². The maximum atomic E-state index is 11.8. The first-order valence-electron chi connectivity index (χ1n) is 6.72. The molecule has 0 bridgehead atoms. The van der Waals surface area contributed by atoms with Crippen LogP contribution in [0.4, 0.5) is 0 Å². The van der Waals surface area contributed by atoms with Crippen LogP contribution in [0.2, 0.25) is 0 Å². The van der Waals surface area contributed by atoms with Crippen molar-refractivity contribution in [2.75, 3.05) is 13.2 Å². The second-order valence-electron chi connectivity index (χ2n) is 5.09. The minimum Gasteiger partial charge on any atom is -0.492 e. The smallest absolute Gasteiger partial charge is 0.239 e. The number of rotatable bonds is 7. The number of hydrogen-bond acceptors (Lipinski definition) is 3. The van der Waals surface area contributed by atoms with E-state index in [1.165, 1.54) is 0 Å². The van der Waals surface area contributed by atoms with E-state index < -0.39 is 5.54 Å². The quantitative estimate of drug-likeness (QED) is 0.760. The van der Waals surface area contributed by atoms with Gasteiger partial charge in [-0.05, 0) is 38.0 Å². The molecule has 1 aromatic rings. The number of ether oxygens (including phenoxy) is 1. The van der Waals surface area contributed by atoms with Crippen molar-refractivity contribution in [2.45, 2.75) is 39.2 Å². The summed E-state index contributed by atoms with van der Waals surface area (Å²) in [7, 11) is 0. The van der Waals surface area contributed by atoms with Crippen LogP contribution in [0.5, 0.6) is 5.75 Å². The highest BCUT2D eigenvalue weighted by atomic mass is 35.5. The average molecular weight is 301 g/mol. The molecule has 0 aliphatic carbocycles. The fourth-order valence-corrected chi connectivity index (χ4v) is 1.87. The van der Waals surface area contributed by atoms with Crippen molar-refractivity contribution < 1.29 is 9.53 Å². The fraction of sp³-hybridized carbons (Fsp3) is 0.533. The minimum absolute atomic E-state index is 0. The van der Waals surface area contributed by atoms with E-state index in [9.17, 15) is 4.79 Å². The number of nitrogens with one attached hydrogen (secondary N) is 1. The number of carbonyl (C=O) groups is 1. The van der Waals surface area contributed by atoms with Gasteiger partial charge >= 0.3 is 0 Å². The van der Waals surface area contributed by atoms with Crippen molar-refractivity contribution in [3.05, 3.63) is 29.8 Å². The first-order valence-corrected chi connectivity index (χ1v) is 6.72. The summed E-state index contributed by atoms with van der Waals surface area (Å²) in [5.74, 6) is 0.695. The summed E-state index contributed by atoms with van der Waals surface area (Å²) >= 11 is 0. The van der Waals surface area contributed by atoms with E-state index in [4.69, 9.17) is 10.5 Å². The summed E-state index contributed by atoms with van der Waals surface area (Å²) in [5, 5.41) is 2.80. The Morgan fingerprint density at radius 3 is 2.75 bits per heavy atom. The SMILES string of the molecule is CCCC(C)(N)C(=O)NCCOc1cccc(C)c1.Cl. The van der Waals surface area contributed by atoms with Crippen molar-refractivity contribution in [1.29, 1.82) is 0 Å². The van der Waals surface area contributed by atoms with Crippen LogP contribution in [0.3, 0.4) is 0 Å². The van der Waals surface area contributed by atoms with Crippen LogP contribution in [-0.2, 0) is 4.79 Å². The van der Waals surface area contributed by atoms with Crippen LogP contribution in [0, 0.1) is 6.92 Å². The lowest BCUT2D eigenvalue weighted by Gasteiger charge is -2.22. The largest absolute Gasteiger partial charge is 0.492 e. The highest BCUT2D eigenvalue weighted by Crippen LogP contribution is 2.12. The summed E-state index contributed by atoms with van der Waals surface area (Å²) in [6, 6.07) is 7.82. The van der Waals surface area contributed by atoms with E-state index >= 15 is 0 Å². The molecule has 0 saturated carbocycles. The van der Waals surface area contributed by atoms with E-state index in [0.717, 1.165) is 17.7 Å². The molecule has 1 unspecified atom stereocenters. The Balaban J connectivity index is 0.00000361. The van der Waals surface area contributed by atoms with Gasteiger partial charge in [0.15, 0.2) is 0 Å². The van der Waals surface area contributed by atoms with E-state index in [2.05, 4.69) is 5.32 Å². The molecule has 0 heterocycles. The van der Waals surface area contributed by atoms with Gasteiger partial charge in [0.2, 0.25) is 5.91 Å². The zero-order valence-electron chi connectivity index (χ0n) is 12.4. The number of aryl methyl sites for hydroxylation is 1. The number of benzene rings is 1. The van der Waals surface area contributed by atoms with Crippen LogP contribution < -0.4 is 15.8 Å². The monoisotopic (exact) mass is 300 g/mol. The standard InChI is InChI=1S/C15H24N2O2.ClH/c1-4-8-15(3,16)14(18)17-9-10-19-13-7-5-6-12(2)11-13;/h5-7,11H,4,8-10,16H2,1-3H3,(H,17,18);1H. The van der Waals surface area contributed by atoms with E-state index in [1.54, 1.807) is 6.92 Å². The third-order valence-electron chi connectivity index (χ3n) is 2.93. The van der Waals surface area contributed by atoms with Crippen molar-refractivity contribution in [1.82, 2.24) is 5.32 Å². The summed E-state index contributed by atoms with van der Waals surface area (Å²) in [5.41, 5.74) is 6.29. The zero-order valence-corrected chi connectivity index (χ0v) is 13.3. The van der Waals surface area contributed by atoms with Crippen LogP contribution in [0.15, 0.2) is 24.3 Å². The molecule has 0 spiro atoms. The Hall–Kier alpha value is -1.26. The normalized spacial score (nSPS) is 13.0. The molecule has 0 fully saturated rings. The highest BCUT2D eigenvalue weighted by molar-refractivity contribution is 5.85. The number of carbonyl (C=O) groups excluding carboxylic acids is 1. The molecule has 1 aromatic carbocycles. The van der Waals surface area contributed by atoms with Gasteiger partial charge in [-0.25, -0.2) is 0 Å². The molecular formula is C15H25ClN2O2. The maximum Gasteiger partial charge on any atom is 0.239 e. The molecule has 0 saturated heterocycles. The molecule has 0 radical (unpaired) electrons. The minimum atomic E-state index is -0.794. The van der Waals surface area contributed by atoms with Crippen molar-refractivity contribution in [3.63, 3.8) is 0 Å².